The summed E-state index contributed by atoms with van der Waals surface area (Å²) < 4.78 is 10.8. The molecule has 0 spiro atoms. The van der Waals surface area contributed by atoms with E-state index in [1.165, 1.54) is 0 Å². The fourth-order valence-corrected chi connectivity index (χ4v) is 1.64. The molecular formula is C13H22N2O3S. The molecule has 0 aliphatic carbocycles. The molecule has 2 heterocycles. The van der Waals surface area contributed by atoms with Gasteiger partial charge in [-0.1, -0.05) is 0 Å². The second kappa shape index (κ2) is 6.45. The van der Waals surface area contributed by atoms with Crippen LogP contribution >= 0.6 is 13.5 Å². The lowest BCUT2D eigenvalue weighted by atomic mass is 10.1. The van der Waals surface area contributed by atoms with E-state index in [1.807, 2.05) is 0 Å². The first-order chi connectivity index (χ1) is 8.46. The number of hydrogen-bond acceptors (Lipinski definition) is 5. The minimum Gasteiger partial charge on any atom is -0.484 e. The van der Waals surface area contributed by atoms with Crippen LogP contribution in [-0.4, -0.2) is 35.4 Å². The van der Waals surface area contributed by atoms with E-state index in [-0.39, 0.29) is 19.0 Å². The van der Waals surface area contributed by atoms with Crippen molar-refractivity contribution in [2.24, 2.45) is 0 Å². The van der Waals surface area contributed by atoms with Crippen LogP contribution in [0.25, 0.3) is 0 Å². The van der Waals surface area contributed by atoms with Gasteiger partial charge in [0.25, 0.3) is 5.88 Å². The van der Waals surface area contributed by atoms with E-state index in [4.69, 9.17) is 9.47 Å². The first-order valence-corrected chi connectivity index (χ1v) is 6.15. The highest BCUT2D eigenvalue weighted by Crippen LogP contribution is 2.29. The molecule has 0 radical (unpaired) electrons. The number of β-amino-alcohol motifs (C(OH)–C–C–N with tert-alkyl or cyclic N) is 1. The Bertz CT molecular complexity index is 421. The summed E-state index contributed by atoms with van der Waals surface area (Å²) in [7, 11) is 0. The first kappa shape index (κ1) is 16.1. The topological polar surface area (TPSA) is 63.6 Å². The largest absolute Gasteiger partial charge is 0.484 e. The van der Waals surface area contributed by atoms with Crippen LogP contribution in [0.3, 0.4) is 0 Å². The summed E-state index contributed by atoms with van der Waals surface area (Å²) >= 11 is 0. The second-order valence-corrected chi connectivity index (χ2v) is 5.38. The van der Waals surface area contributed by atoms with E-state index >= 15 is 0 Å². The zero-order valence-corrected chi connectivity index (χ0v) is 12.6. The third-order valence-corrected chi connectivity index (χ3v) is 2.59. The zero-order chi connectivity index (χ0) is 13.2. The van der Waals surface area contributed by atoms with E-state index < -0.39 is 6.10 Å². The van der Waals surface area contributed by atoms with E-state index in [9.17, 15) is 5.11 Å². The molecule has 1 aliphatic heterocycles. The third kappa shape index (κ3) is 4.56. The van der Waals surface area contributed by atoms with E-state index in [1.54, 1.807) is 12.1 Å². The summed E-state index contributed by atoms with van der Waals surface area (Å²) in [5.41, 5.74) is 0.561. The van der Waals surface area contributed by atoms with Crippen LogP contribution in [0.1, 0.15) is 32.6 Å². The molecule has 108 valence electrons. The number of aromatic nitrogens is 1. The Morgan fingerprint density at radius 1 is 1.32 bits per heavy atom. The predicted molar refractivity (Wildman–Crippen MR) is 78.3 cm³/mol. The van der Waals surface area contributed by atoms with Crippen LogP contribution in [-0.2, 0) is 0 Å². The maximum Gasteiger partial charge on any atom is 0.257 e. The fourth-order valence-electron chi connectivity index (χ4n) is 1.64. The number of pyridine rings is 1. The lowest BCUT2D eigenvalue weighted by Gasteiger charge is -2.23. The van der Waals surface area contributed by atoms with Gasteiger partial charge in [0.05, 0.1) is 5.69 Å². The monoisotopic (exact) mass is 286 g/mol. The number of hydrogen-bond donors (Lipinski definition) is 2. The minimum absolute atomic E-state index is 0. The van der Waals surface area contributed by atoms with Crippen LogP contribution in [0.2, 0.25) is 0 Å². The molecule has 2 N–H and O–H groups in total. The second-order valence-electron chi connectivity index (χ2n) is 5.38. The van der Waals surface area contributed by atoms with Crippen LogP contribution < -0.4 is 14.8 Å². The standard InChI is InChI=1S/C13H20N2O3.H2S/c1-13(2,3)14-8-10(16)9-4-5-11-12(15-9)18-7-6-17-11;/h4-5,10,14,16H,6-8H2,1-3H3;1H2/t10-;/m0./s1. The van der Waals surface area contributed by atoms with Crippen molar-refractivity contribution in [2.45, 2.75) is 32.4 Å². The van der Waals surface area contributed by atoms with Crippen LogP contribution in [0.5, 0.6) is 11.6 Å². The van der Waals surface area contributed by atoms with Gasteiger partial charge in [0.2, 0.25) is 0 Å². The minimum atomic E-state index is -0.653. The Kier molecular flexibility index (Phi) is 5.46. The normalized spacial score (nSPS) is 15.6. The molecule has 0 unspecified atom stereocenters. The predicted octanol–water partition coefficient (Wildman–Crippen LogP) is 1.39. The van der Waals surface area contributed by atoms with Crippen molar-refractivity contribution in [3.63, 3.8) is 0 Å². The summed E-state index contributed by atoms with van der Waals surface area (Å²) in [6.45, 7) is 7.66. The van der Waals surface area contributed by atoms with Gasteiger partial charge >= 0.3 is 0 Å². The highest BCUT2D eigenvalue weighted by Gasteiger charge is 2.18. The smallest absolute Gasteiger partial charge is 0.257 e. The summed E-state index contributed by atoms with van der Waals surface area (Å²) in [5, 5.41) is 13.3. The Morgan fingerprint density at radius 2 is 2.00 bits per heavy atom. The first-order valence-electron chi connectivity index (χ1n) is 6.15. The SMILES string of the molecule is CC(C)(C)NC[C@H](O)c1ccc2c(n1)OCCO2.S. The Morgan fingerprint density at radius 3 is 2.68 bits per heavy atom. The molecule has 2 rings (SSSR count). The van der Waals surface area contributed by atoms with Gasteiger partial charge in [-0.05, 0) is 32.9 Å². The molecule has 0 fully saturated rings. The Labute approximate surface area is 120 Å². The molecule has 6 heteroatoms. The average molecular weight is 286 g/mol. The number of fused-ring (bicyclic) bond motifs is 1. The number of nitrogens with zero attached hydrogens (tertiary/aromatic N) is 1. The molecule has 19 heavy (non-hydrogen) atoms. The molecule has 0 amide bonds. The zero-order valence-electron chi connectivity index (χ0n) is 11.6. The van der Waals surface area contributed by atoms with Crippen molar-refractivity contribution in [3.05, 3.63) is 17.8 Å². The molecule has 0 saturated carbocycles. The van der Waals surface area contributed by atoms with E-state index in [0.717, 1.165) is 0 Å². The summed E-state index contributed by atoms with van der Waals surface area (Å²) in [6.07, 6.45) is -0.653. The maximum atomic E-state index is 10.1. The Hall–Kier alpha value is -0.980. The van der Waals surface area contributed by atoms with Crippen molar-refractivity contribution in [1.29, 1.82) is 0 Å². The third-order valence-electron chi connectivity index (χ3n) is 2.59. The highest BCUT2D eigenvalue weighted by molar-refractivity contribution is 7.59. The van der Waals surface area contributed by atoms with Gasteiger partial charge in [0, 0.05) is 12.1 Å². The molecular weight excluding hydrogens is 264 g/mol. The lowest BCUT2D eigenvalue weighted by molar-refractivity contribution is 0.147. The Balaban J connectivity index is 0.00000180. The summed E-state index contributed by atoms with van der Waals surface area (Å²) in [4.78, 5) is 4.28. The maximum absolute atomic E-state index is 10.1. The summed E-state index contributed by atoms with van der Waals surface area (Å²) in [5.74, 6) is 1.11. The number of rotatable bonds is 3. The van der Waals surface area contributed by atoms with Gasteiger partial charge in [-0.2, -0.15) is 13.5 Å². The quantitative estimate of drug-likeness (QED) is 0.879. The van der Waals surface area contributed by atoms with Gasteiger partial charge in [-0.15, -0.1) is 0 Å². The van der Waals surface area contributed by atoms with Crippen molar-refractivity contribution >= 4 is 13.5 Å². The van der Waals surface area contributed by atoms with Crippen molar-refractivity contribution in [3.8, 4) is 11.6 Å². The van der Waals surface area contributed by atoms with Gasteiger partial charge in [-0.25, -0.2) is 4.98 Å². The van der Waals surface area contributed by atoms with Gasteiger partial charge in [0.15, 0.2) is 5.75 Å². The van der Waals surface area contributed by atoms with Gasteiger partial charge in [0.1, 0.15) is 19.3 Å². The van der Waals surface area contributed by atoms with E-state index in [2.05, 4.69) is 31.1 Å². The van der Waals surface area contributed by atoms with Crippen LogP contribution in [0, 0.1) is 0 Å². The molecule has 0 bridgehead atoms. The lowest BCUT2D eigenvalue weighted by Crippen LogP contribution is -2.38. The average Bonchev–Trinajstić information content (AvgIpc) is 2.34. The number of nitrogens with one attached hydrogen (secondary N) is 1. The van der Waals surface area contributed by atoms with Gasteiger partial charge < -0.3 is 19.9 Å². The van der Waals surface area contributed by atoms with E-state index in [0.29, 0.717) is 37.1 Å². The molecule has 1 aromatic rings. The molecule has 1 aromatic heterocycles. The number of ether oxygens (including phenoxy) is 2. The van der Waals surface area contributed by atoms with Crippen LogP contribution in [0.4, 0.5) is 0 Å². The summed E-state index contributed by atoms with van der Waals surface area (Å²) in [6, 6.07) is 3.56. The highest BCUT2D eigenvalue weighted by atomic mass is 32.1. The van der Waals surface area contributed by atoms with Crippen LogP contribution in [0.15, 0.2) is 12.1 Å². The number of aliphatic hydroxyl groups is 1. The van der Waals surface area contributed by atoms with Gasteiger partial charge in [-0.3, -0.25) is 0 Å². The molecule has 5 nitrogen and oxygen atoms in total. The molecule has 0 saturated heterocycles. The van der Waals surface area contributed by atoms with Crippen molar-refractivity contribution in [2.75, 3.05) is 19.8 Å². The van der Waals surface area contributed by atoms with Crippen molar-refractivity contribution < 1.29 is 14.6 Å². The fraction of sp³-hybridized carbons (Fsp3) is 0.615. The molecule has 0 aromatic carbocycles. The number of aliphatic hydroxyl groups excluding tert-OH is 1. The molecule has 1 atom stereocenters. The molecule has 1 aliphatic rings. The van der Waals surface area contributed by atoms with Crippen molar-refractivity contribution in [1.82, 2.24) is 10.3 Å².